The minimum atomic E-state index is 0.478. The van der Waals surface area contributed by atoms with Crippen LogP contribution in [0.2, 0.25) is 5.22 Å². The number of rotatable bonds is 3. The molecule has 0 aliphatic heterocycles. The van der Waals surface area contributed by atoms with Crippen molar-refractivity contribution in [2.45, 2.75) is 51.6 Å². The minimum Gasteiger partial charge on any atom is -0.448 e. The molecule has 90 valence electrons. The topological polar surface area (TPSA) is 25.2 Å². The first-order chi connectivity index (χ1) is 7.75. The fourth-order valence-corrected chi connectivity index (χ4v) is 2.64. The van der Waals surface area contributed by atoms with Crippen molar-refractivity contribution in [1.82, 2.24) is 5.32 Å². The van der Waals surface area contributed by atoms with Crippen molar-refractivity contribution < 1.29 is 4.42 Å². The van der Waals surface area contributed by atoms with Gasteiger partial charge in [-0.1, -0.05) is 26.2 Å². The van der Waals surface area contributed by atoms with Gasteiger partial charge in [0.15, 0.2) is 5.22 Å². The molecule has 2 unspecified atom stereocenters. The zero-order valence-electron chi connectivity index (χ0n) is 9.84. The third-order valence-corrected chi connectivity index (χ3v) is 3.73. The summed E-state index contributed by atoms with van der Waals surface area (Å²) >= 11 is 5.74. The molecule has 1 aromatic heterocycles. The van der Waals surface area contributed by atoms with E-state index in [1.807, 2.05) is 6.07 Å². The van der Waals surface area contributed by atoms with Gasteiger partial charge in [-0.25, -0.2) is 0 Å². The summed E-state index contributed by atoms with van der Waals surface area (Å²) in [6.45, 7) is 3.14. The third kappa shape index (κ3) is 3.26. The lowest BCUT2D eigenvalue weighted by Crippen LogP contribution is -2.33. The molecule has 1 aromatic rings. The molecule has 1 fully saturated rings. The van der Waals surface area contributed by atoms with Gasteiger partial charge in [-0.2, -0.15) is 0 Å². The van der Waals surface area contributed by atoms with Gasteiger partial charge in [-0.15, -0.1) is 0 Å². The zero-order chi connectivity index (χ0) is 11.4. The van der Waals surface area contributed by atoms with Crippen LogP contribution in [0, 0.1) is 5.92 Å². The maximum Gasteiger partial charge on any atom is 0.193 e. The summed E-state index contributed by atoms with van der Waals surface area (Å²) in [5.41, 5.74) is 0. The molecule has 2 nitrogen and oxygen atoms in total. The summed E-state index contributed by atoms with van der Waals surface area (Å²) in [7, 11) is 0. The summed E-state index contributed by atoms with van der Waals surface area (Å²) in [5, 5.41) is 4.07. The van der Waals surface area contributed by atoms with Crippen LogP contribution in [0.5, 0.6) is 0 Å². The summed E-state index contributed by atoms with van der Waals surface area (Å²) in [4.78, 5) is 0. The van der Waals surface area contributed by atoms with Crippen LogP contribution in [-0.2, 0) is 6.54 Å². The van der Waals surface area contributed by atoms with Gasteiger partial charge in [0, 0.05) is 6.04 Å². The van der Waals surface area contributed by atoms with E-state index >= 15 is 0 Å². The Bertz CT molecular complexity index is 323. The number of nitrogens with one attached hydrogen (secondary N) is 1. The second-order valence-corrected chi connectivity index (χ2v) is 5.18. The second kappa shape index (κ2) is 5.74. The average molecular weight is 242 g/mol. The predicted molar refractivity (Wildman–Crippen MR) is 66.6 cm³/mol. The molecule has 1 saturated carbocycles. The maximum atomic E-state index is 5.74. The second-order valence-electron chi connectivity index (χ2n) is 4.81. The first-order valence-electron chi connectivity index (χ1n) is 6.23. The highest BCUT2D eigenvalue weighted by Gasteiger charge is 2.19. The summed E-state index contributed by atoms with van der Waals surface area (Å²) in [5.74, 6) is 1.70. The van der Waals surface area contributed by atoms with E-state index in [1.165, 1.54) is 32.1 Å². The van der Waals surface area contributed by atoms with Crippen LogP contribution in [0.15, 0.2) is 16.5 Å². The Balaban J connectivity index is 1.83. The monoisotopic (exact) mass is 241 g/mol. The fourth-order valence-electron chi connectivity index (χ4n) is 2.47. The predicted octanol–water partition coefficient (Wildman–Crippen LogP) is 3.99. The molecular formula is C13H20ClNO. The summed E-state index contributed by atoms with van der Waals surface area (Å²) < 4.78 is 5.34. The van der Waals surface area contributed by atoms with E-state index in [-0.39, 0.29) is 0 Å². The lowest BCUT2D eigenvalue weighted by atomic mass is 9.97. The molecule has 0 radical (unpaired) electrons. The quantitative estimate of drug-likeness (QED) is 0.810. The van der Waals surface area contributed by atoms with Crippen molar-refractivity contribution in [2.75, 3.05) is 0 Å². The van der Waals surface area contributed by atoms with Gasteiger partial charge < -0.3 is 9.73 Å². The van der Waals surface area contributed by atoms with Crippen molar-refractivity contribution in [3.63, 3.8) is 0 Å². The molecule has 0 amide bonds. The first kappa shape index (κ1) is 12.0. The van der Waals surface area contributed by atoms with E-state index in [2.05, 4.69) is 12.2 Å². The normalized spacial score (nSPS) is 26.6. The highest BCUT2D eigenvalue weighted by atomic mass is 35.5. The van der Waals surface area contributed by atoms with Crippen molar-refractivity contribution >= 4 is 11.6 Å². The Morgan fingerprint density at radius 3 is 2.88 bits per heavy atom. The van der Waals surface area contributed by atoms with Crippen LogP contribution in [0.1, 0.15) is 44.8 Å². The molecule has 1 heterocycles. The number of halogens is 1. The molecule has 0 spiro atoms. The van der Waals surface area contributed by atoms with Gasteiger partial charge in [0.1, 0.15) is 5.76 Å². The lowest BCUT2D eigenvalue weighted by molar-refractivity contribution is 0.341. The van der Waals surface area contributed by atoms with E-state index in [4.69, 9.17) is 16.0 Å². The highest BCUT2D eigenvalue weighted by Crippen LogP contribution is 2.23. The van der Waals surface area contributed by atoms with Gasteiger partial charge in [-0.05, 0) is 42.5 Å². The number of hydrogen-bond acceptors (Lipinski definition) is 2. The Hall–Kier alpha value is -0.470. The molecular weight excluding hydrogens is 222 g/mol. The first-order valence-corrected chi connectivity index (χ1v) is 6.61. The lowest BCUT2D eigenvalue weighted by Gasteiger charge is -2.22. The Morgan fingerprint density at radius 1 is 1.31 bits per heavy atom. The fraction of sp³-hybridized carbons (Fsp3) is 0.692. The van der Waals surface area contributed by atoms with E-state index in [0.717, 1.165) is 18.2 Å². The summed E-state index contributed by atoms with van der Waals surface area (Å²) in [6, 6.07) is 4.37. The highest BCUT2D eigenvalue weighted by molar-refractivity contribution is 6.28. The molecule has 0 bridgehead atoms. The van der Waals surface area contributed by atoms with Gasteiger partial charge in [-0.3, -0.25) is 0 Å². The van der Waals surface area contributed by atoms with E-state index < -0.39 is 0 Å². The molecule has 1 aliphatic carbocycles. The zero-order valence-corrected chi connectivity index (χ0v) is 10.6. The van der Waals surface area contributed by atoms with Crippen molar-refractivity contribution in [1.29, 1.82) is 0 Å². The smallest absolute Gasteiger partial charge is 0.193 e. The van der Waals surface area contributed by atoms with Crippen molar-refractivity contribution in [3.05, 3.63) is 23.1 Å². The van der Waals surface area contributed by atoms with Crippen LogP contribution in [0.3, 0.4) is 0 Å². The van der Waals surface area contributed by atoms with Crippen LogP contribution in [-0.4, -0.2) is 6.04 Å². The Labute approximate surface area is 102 Å². The van der Waals surface area contributed by atoms with E-state index in [1.54, 1.807) is 6.07 Å². The van der Waals surface area contributed by atoms with Gasteiger partial charge >= 0.3 is 0 Å². The van der Waals surface area contributed by atoms with Gasteiger partial charge in [0.25, 0.3) is 0 Å². The van der Waals surface area contributed by atoms with Crippen LogP contribution < -0.4 is 5.32 Å². The molecule has 1 aliphatic rings. The Morgan fingerprint density at radius 2 is 2.12 bits per heavy atom. The third-order valence-electron chi connectivity index (χ3n) is 3.53. The average Bonchev–Trinajstić information content (AvgIpc) is 2.56. The number of furan rings is 1. The van der Waals surface area contributed by atoms with Crippen molar-refractivity contribution in [3.8, 4) is 0 Å². The van der Waals surface area contributed by atoms with E-state index in [0.29, 0.717) is 11.3 Å². The largest absolute Gasteiger partial charge is 0.448 e. The molecule has 3 heteroatoms. The minimum absolute atomic E-state index is 0.478. The molecule has 1 N–H and O–H groups in total. The van der Waals surface area contributed by atoms with E-state index in [9.17, 15) is 0 Å². The standard InChI is InChI=1S/C13H20ClNO/c1-10-5-3-2-4-6-12(10)15-9-11-7-8-13(14)16-11/h7-8,10,12,15H,2-6,9H2,1H3. The van der Waals surface area contributed by atoms with Crippen LogP contribution >= 0.6 is 11.6 Å². The van der Waals surface area contributed by atoms with Crippen LogP contribution in [0.25, 0.3) is 0 Å². The molecule has 0 saturated heterocycles. The molecule has 2 atom stereocenters. The summed E-state index contributed by atoms with van der Waals surface area (Å²) in [6.07, 6.45) is 6.74. The molecule has 0 aromatic carbocycles. The van der Waals surface area contributed by atoms with Crippen LogP contribution in [0.4, 0.5) is 0 Å². The number of hydrogen-bond donors (Lipinski definition) is 1. The molecule has 2 rings (SSSR count). The van der Waals surface area contributed by atoms with Gasteiger partial charge in [0.05, 0.1) is 6.54 Å². The van der Waals surface area contributed by atoms with Crippen molar-refractivity contribution in [2.24, 2.45) is 5.92 Å². The molecule has 16 heavy (non-hydrogen) atoms. The maximum absolute atomic E-state index is 5.74. The SMILES string of the molecule is CC1CCCCCC1NCc1ccc(Cl)o1. The van der Waals surface area contributed by atoms with Gasteiger partial charge in [0.2, 0.25) is 0 Å². The Kier molecular flexibility index (Phi) is 4.30.